The predicted molar refractivity (Wildman–Crippen MR) is 117 cm³/mol. The van der Waals surface area contributed by atoms with Crippen molar-refractivity contribution in [3.05, 3.63) is 39.3 Å². The number of aryl methyl sites for hydroxylation is 2. The van der Waals surface area contributed by atoms with Crippen LogP contribution in [0.25, 0.3) is 11.0 Å². The molecule has 1 aliphatic rings. The van der Waals surface area contributed by atoms with Crippen molar-refractivity contribution in [1.82, 2.24) is 24.7 Å². The number of hydrogen-bond acceptors (Lipinski definition) is 5. The molecule has 1 saturated heterocycles. The number of carbonyl (C=O) groups is 1. The van der Waals surface area contributed by atoms with Crippen LogP contribution in [0.15, 0.2) is 16.9 Å². The average Bonchev–Trinajstić information content (AvgIpc) is 2.72. The first kappa shape index (κ1) is 24.2. The molecule has 1 amide bonds. The number of fused-ring (bicyclic) bond motifs is 1. The number of carbonyl (C=O) groups excluding carboxylic acids is 1. The molecule has 0 radical (unpaired) electrons. The summed E-state index contributed by atoms with van der Waals surface area (Å²) in [6.07, 6.45) is -4.19. The van der Waals surface area contributed by atoms with E-state index in [0.717, 1.165) is 54.8 Å². The van der Waals surface area contributed by atoms with Crippen molar-refractivity contribution in [2.24, 2.45) is 0 Å². The van der Waals surface area contributed by atoms with E-state index in [1.54, 1.807) is 19.9 Å². The molecular weight excluding hydrogens is 423 g/mol. The van der Waals surface area contributed by atoms with E-state index in [2.05, 4.69) is 27.1 Å². The molecule has 0 spiro atoms. The average molecular weight is 454 g/mol. The van der Waals surface area contributed by atoms with Crippen molar-refractivity contribution in [2.45, 2.75) is 39.4 Å². The molecule has 0 bridgehead atoms. The first-order valence-electron chi connectivity index (χ1n) is 10.8. The number of nitrogens with zero attached hydrogens (tertiary/aromatic N) is 4. The second-order valence-electron chi connectivity index (χ2n) is 8.52. The third kappa shape index (κ3) is 5.29. The van der Waals surface area contributed by atoms with Crippen LogP contribution in [0, 0.1) is 13.8 Å². The normalized spacial score (nSPS) is 17.0. The van der Waals surface area contributed by atoms with Gasteiger partial charge in [0.1, 0.15) is 6.04 Å². The molecule has 3 rings (SSSR count). The van der Waals surface area contributed by atoms with E-state index in [4.69, 9.17) is 0 Å². The zero-order valence-corrected chi connectivity index (χ0v) is 18.9. The lowest BCUT2D eigenvalue weighted by molar-refractivity contribution is -0.142. The van der Waals surface area contributed by atoms with E-state index in [-0.39, 0.29) is 11.0 Å². The van der Waals surface area contributed by atoms with Gasteiger partial charge in [-0.05, 0) is 64.0 Å². The molecule has 2 aromatic rings. The molecule has 10 heteroatoms. The molecular formula is C22H30F3N5O2. The van der Waals surface area contributed by atoms with Crippen LogP contribution in [0.2, 0.25) is 0 Å². The number of rotatable bonds is 6. The SMILES string of the molecule is Cc1cc2nc(C(F)(F)F)c(=O)n(C(C)C(=O)NCCCN3CCN(C)CC3)c2cc1C. The van der Waals surface area contributed by atoms with Crippen LogP contribution >= 0.6 is 0 Å². The maximum atomic E-state index is 13.5. The fourth-order valence-electron chi connectivity index (χ4n) is 3.88. The van der Waals surface area contributed by atoms with E-state index in [1.165, 1.54) is 13.0 Å². The summed E-state index contributed by atoms with van der Waals surface area (Å²) in [5, 5.41) is 2.77. The van der Waals surface area contributed by atoms with Crippen LogP contribution in [0.5, 0.6) is 0 Å². The van der Waals surface area contributed by atoms with Crippen LogP contribution in [-0.4, -0.2) is 71.6 Å². The Labute approximate surface area is 185 Å². The van der Waals surface area contributed by atoms with Crippen molar-refractivity contribution in [3.8, 4) is 0 Å². The molecule has 0 saturated carbocycles. The maximum absolute atomic E-state index is 13.5. The highest BCUT2D eigenvalue weighted by atomic mass is 19.4. The van der Waals surface area contributed by atoms with Gasteiger partial charge in [0, 0.05) is 32.7 Å². The van der Waals surface area contributed by atoms with E-state index in [0.29, 0.717) is 6.54 Å². The molecule has 0 aliphatic carbocycles. The van der Waals surface area contributed by atoms with Gasteiger partial charge in [0.05, 0.1) is 11.0 Å². The van der Waals surface area contributed by atoms with Crippen molar-refractivity contribution in [1.29, 1.82) is 0 Å². The standard InChI is InChI=1S/C22H30F3N5O2/c1-14-12-17-18(13-15(14)2)30(21(32)19(27-17)22(23,24)25)16(3)20(31)26-6-5-7-29-10-8-28(4)9-11-29/h12-13,16H,5-11H2,1-4H3,(H,26,31). The third-order valence-corrected chi connectivity index (χ3v) is 6.09. The Morgan fingerprint density at radius 1 is 1.16 bits per heavy atom. The molecule has 32 heavy (non-hydrogen) atoms. The van der Waals surface area contributed by atoms with Crippen LogP contribution in [0.1, 0.15) is 36.2 Å². The quantitative estimate of drug-likeness (QED) is 0.680. The van der Waals surface area contributed by atoms with Gasteiger partial charge in [-0.25, -0.2) is 4.98 Å². The molecule has 176 valence electrons. The molecule has 2 heterocycles. The molecule has 1 fully saturated rings. The topological polar surface area (TPSA) is 70.5 Å². The van der Waals surface area contributed by atoms with Crippen LogP contribution in [0.4, 0.5) is 13.2 Å². The fraction of sp³-hybridized carbons (Fsp3) is 0.591. The van der Waals surface area contributed by atoms with Gasteiger partial charge in [0.25, 0.3) is 5.56 Å². The number of hydrogen-bond donors (Lipinski definition) is 1. The van der Waals surface area contributed by atoms with Gasteiger partial charge in [0.15, 0.2) is 0 Å². The van der Waals surface area contributed by atoms with Gasteiger partial charge in [-0.3, -0.25) is 14.2 Å². The smallest absolute Gasteiger partial charge is 0.354 e. The number of benzene rings is 1. The number of amides is 1. The van der Waals surface area contributed by atoms with E-state index < -0.39 is 29.4 Å². The minimum absolute atomic E-state index is 0.0368. The van der Waals surface area contributed by atoms with E-state index >= 15 is 0 Å². The number of halogens is 3. The van der Waals surface area contributed by atoms with Gasteiger partial charge in [-0.2, -0.15) is 13.2 Å². The summed E-state index contributed by atoms with van der Waals surface area (Å²) in [7, 11) is 2.08. The summed E-state index contributed by atoms with van der Waals surface area (Å²) in [6.45, 7) is 10.2. The lowest BCUT2D eigenvalue weighted by Crippen LogP contribution is -2.45. The van der Waals surface area contributed by atoms with Gasteiger partial charge >= 0.3 is 6.18 Å². The van der Waals surface area contributed by atoms with Gasteiger partial charge in [-0.15, -0.1) is 0 Å². The minimum Gasteiger partial charge on any atom is -0.354 e. The number of piperazine rings is 1. The van der Waals surface area contributed by atoms with Crippen LogP contribution < -0.4 is 10.9 Å². The Kier molecular flexibility index (Phi) is 7.24. The summed E-state index contributed by atoms with van der Waals surface area (Å²) in [4.78, 5) is 33.6. The second-order valence-corrected chi connectivity index (χ2v) is 8.52. The molecule has 1 unspecified atom stereocenters. The Bertz CT molecular complexity index is 1040. The largest absolute Gasteiger partial charge is 0.438 e. The molecule has 1 aliphatic heterocycles. The van der Waals surface area contributed by atoms with Crippen LogP contribution in [-0.2, 0) is 11.0 Å². The molecule has 1 aromatic heterocycles. The first-order chi connectivity index (χ1) is 15.0. The fourth-order valence-corrected chi connectivity index (χ4v) is 3.88. The Morgan fingerprint density at radius 2 is 1.78 bits per heavy atom. The minimum atomic E-state index is -4.91. The van der Waals surface area contributed by atoms with Gasteiger partial charge in [0.2, 0.25) is 11.6 Å². The highest BCUT2D eigenvalue weighted by Gasteiger charge is 2.38. The number of likely N-dealkylation sites (N-methyl/N-ethyl adjacent to an activating group) is 1. The third-order valence-electron chi connectivity index (χ3n) is 6.09. The predicted octanol–water partition coefficient (Wildman–Crippen LogP) is 2.35. The van der Waals surface area contributed by atoms with Gasteiger partial charge < -0.3 is 15.1 Å². The first-order valence-corrected chi connectivity index (χ1v) is 10.8. The summed E-state index contributed by atoms with van der Waals surface area (Å²) < 4.78 is 41.3. The lowest BCUT2D eigenvalue weighted by atomic mass is 10.1. The van der Waals surface area contributed by atoms with E-state index in [9.17, 15) is 22.8 Å². The number of nitrogens with one attached hydrogen (secondary N) is 1. The molecule has 1 N–H and O–H groups in total. The lowest BCUT2D eigenvalue weighted by Gasteiger charge is -2.32. The van der Waals surface area contributed by atoms with Crippen molar-refractivity contribution in [2.75, 3.05) is 46.3 Å². The zero-order valence-electron chi connectivity index (χ0n) is 18.9. The zero-order chi connectivity index (χ0) is 23.6. The second kappa shape index (κ2) is 9.58. The van der Waals surface area contributed by atoms with Crippen LogP contribution in [0.3, 0.4) is 0 Å². The molecule has 7 nitrogen and oxygen atoms in total. The highest BCUT2D eigenvalue weighted by Crippen LogP contribution is 2.28. The Morgan fingerprint density at radius 3 is 2.41 bits per heavy atom. The molecule has 1 atom stereocenters. The van der Waals surface area contributed by atoms with Gasteiger partial charge in [-0.1, -0.05) is 0 Å². The highest BCUT2D eigenvalue weighted by molar-refractivity contribution is 5.84. The number of aromatic nitrogens is 2. The van der Waals surface area contributed by atoms with Crippen molar-refractivity contribution in [3.63, 3.8) is 0 Å². The Balaban J connectivity index is 1.79. The number of alkyl halides is 3. The maximum Gasteiger partial charge on any atom is 0.438 e. The van der Waals surface area contributed by atoms with Crippen molar-refractivity contribution < 1.29 is 18.0 Å². The summed E-state index contributed by atoms with van der Waals surface area (Å²) >= 11 is 0. The monoisotopic (exact) mass is 453 g/mol. The van der Waals surface area contributed by atoms with E-state index in [1.807, 2.05) is 0 Å². The molecule has 1 aromatic carbocycles. The summed E-state index contributed by atoms with van der Waals surface area (Å²) in [5.74, 6) is -0.496. The Hall–Kier alpha value is -2.46. The summed E-state index contributed by atoms with van der Waals surface area (Å²) in [6, 6.07) is 2.01. The van der Waals surface area contributed by atoms with Crippen molar-refractivity contribution >= 4 is 16.9 Å². The summed E-state index contributed by atoms with van der Waals surface area (Å²) in [5.41, 5.74) is -1.02.